The summed E-state index contributed by atoms with van der Waals surface area (Å²) in [6, 6.07) is 2.52. The number of aryl methyl sites for hydroxylation is 1. The van der Waals surface area contributed by atoms with Gasteiger partial charge in [-0.2, -0.15) is 5.10 Å². The van der Waals surface area contributed by atoms with Gasteiger partial charge in [-0.1, -0.05) is 13.3 Å². The van der Waals surface area contributed by atoms with Crippen LogP contribution in [0.2, 0.25) is 0 Å². The van der Waals surface area contributed by atoms with Crippen molar-refractivity contribution < 1.29 is 14.3 Å². The average Bonchev–Trinajstić information content (AvgIpc) is 2.50. The van der Waals surface area contributed by atoms with Crippen molar-refractivity contribution in [1.29, 1.82) is 0 Å². The maximum atomic E-state index is 12.5. The molecule has 1 aromatic heterocycles. The quantitative estimate of drug-likeness (QED) is 0.704. The molecule has 1 rings (SSSR count). The molecule has 0 unspecified atom stereocenters. The molecular weight excluding hydrogens is 286 g/mol. The van der Waals surface area contributed by atoms with Gasteiger partial charge in [0.15, 0.2) is 0 Å². The molecule has 0 aliphatic rings. The van der Waals surface area contributed by atoms with Crippen molar-refractivity contribution >= 4 is 11.9 Å². The Bertz CT molecular complexity index is 580. The number of rotatable bonds is 7. The molecule has 0 N–H and O–H groups in total. The Morgan fingerprint density at radius 2 is 2.05 bits per heavy atom. The van der Waals surface area contributed by atoms with Crippen molar-refractivity contribution in [3.63, 3.8) is 0 Å². The first kappa shape index (κ1) is 17.9. The Balaban J connectivity index is 3.03. The molecular formula is C15H23N3O4. The highest BCUT2D eigenvalue weighted by Crippen LogP contribution is 2.06. The molecule has 0 saturated heterocycles. The number of unbranched alkanes of at least 4 members (excludes halogenated alkanes) is 1. The summed E-state index contributed by atoms with van der Waals surface area (Å²) in [5.41, 5.74) is -0.0950. The van der Waals surface area contributed by atoms with Crippen LogP contribution in [-0.2, 0) is 16.1 Å². The van der Waals surface area contributed by atoms with Gasteiger partial charge in [-0.3, -0.25) is 14.4 Å². The van der Waals surface area contributed by atoms with Crippen LogP contribution >= 0.6 is 0 Å². The van der Waals surface area contributed by atoms with E-state index in [0.717, 1.165) is 12.8 Å². The summed E-state index contributed by atoms with van der Waals surface area (Å²) < 4.78 is 5.89. The lowest BCUT2D eigenvalue weighted by Crippen LogP contribution is -2.42. The molecule has 1 heterocycles. The molecule has 22 heavy (non-hydrogen) atoms. The van der Waals surface area contributed by atoms with Crippen LogP contribution < -0.4 is 5.56 Å². The number of carbonyl (C=O) groups excluding carboxylic acids is 2. The Morgan fingerprint density at radius 1 is 1.36 bits per heavy atom. The average molecular weight is 309 g/mol. The molecule has 0 aromatic carbocycles. The number of ether oxygens (including phenoxy) is 1. The normalized spacial score (nSPS) is 10.6. The van der Waals surface area contributed by atoms with Crippen LogP contribution in [0, 0.1) is 0 Å². The number of nitrogens with zero attached hydrogens (tertiary/aromatic N) is 3. The van der Waals surface area contributed by atoms with Gasteiger partial charge in [-0.05, 0) is 26.3 Å². The third-order valence-electron chi connectivity index (χ3n) is 3.22. The fourth-order valence-corrected chi connectivity index (χ4v) is 1.87. The third kappa shape index (κ3) is 4.68. The predicted octanol–water partition coefficient (Wildman–Crippen LogP) is 1.07. The van der Waals surface area contributed by atoms with E-state index in [1.165, 1.54) is 28.8 Å². The monoisotopic (exact) mass is 309 g/mol. The van der Waals surface area contributed by atoms with Crippen molar-refractivity contribution in [2.24, 2.45) is 0 Å². The van der Waals surface area contributed by atoms with Crippen molar-refractivity contribution in [2.45, 2.75) is 46.2 Å². The van der Waals surface area contributed by atoms with Gasteiger partial charge in [0, 0.05) is 18.7 Å². The first-order chi connectivity index (χ1) is 10.4. The van der Waals surface area contributed by atoms with E-state index in [9.17, 15) is 14.4 Å². The van der Waals surface area contributed by atoms with E-state index in [4.69, 9.17) is 0 Å². The van der Waals surface area contributed by atoms with E-state index < -0.39 is 11.9 Å². The minimum atomic E-state index is -0.499. The number of hydrogen-bond acceptors (Lipinski definition) is 5. The van der Waals surface area contributed by atoms with Crippen molar-refractivity contribution in [2.75, 3.05) is 13.7 Å². The number of amides is 1. The van der Waals surface area contributed by atoms with Crippen LogP contribution in [0.4, 0.5) is 0 Å². The lowest BCUT2D eigenvalue weighted by molar-refractivity contribution is -0.141. The molecule has 7 nitrogen and oxygen atoms in total. The van der Waals surface area contributed by atoms with Gasteiger partial charge in [0.2, 0.25) is 0 Å². The van der Waals surface area contributed by atoms with E-state index >= 15 is 0 Å². The van der Waals surface area contributed by atoms with Gasteiger partial charge in [-0.25, -0.2) is 4.68 Å². The van der Waals surface area contributed by atoms with Crippen LogP contribution in [0.1, 0.15) is 44.1 Å². The largest absolute Gasteiger partial charge is 0.468 e. The number of aromatic nitrogens is 2. The second-order valence-electron chi connectivity index (χ2n) is 5.24. The SMILES string of the molecule is CCCCn1nc(C(=O)N(CC(=O)OC)C(C)C)ccc1=O. The first-order valence-electron chi connectivity index (χ1n) is 7.36. The van der Waals surface area contributed by atoms with Crippen LogP contribution in [-0.4, -0.2) is 46.3 Å². The predicted molar refractivity (Wildman–Crippen MR) is 81.6 cm³/mol. The van der Waals surface area contributed by atoms with Crippen molar-refractivity contribution in [3.8, 4) is 0 Å². The highest BCUT2D eigenvalue weighted by atomic mass is 16.5. The lowest BCUT2D eigenvalue weighted by Gasteiger charge is -2.25. The summed E-state index contributed by atoms with van der Waals surface area (Å²) in [4.78, 5) is 37.0. The van der Waals surface area contributed by atoms with Gasteiger partial charge < -0.3 is 9.64 Å². The second kappa shape index (κ2) is 8.31. The highest BCUT2D eigenvalue weighted by Gasteiger charge is 2.23. The standard InChI is InChI=1S/C15H23N3O4/c1-5-6-9-18-13(19)8-7-12(16-18)15(21)17(11(2)3)10-14(20)22-4/h7-8,11H,5-6,9-10H2,1-4H3. The lowest BCUT2D eigenvalue weighted by atomic mass is 10.2. The topological polar surface area (TPSA) is 81.5 Å². The summed E-state index contributed by atoms with van der Waals surface area (Å²) in [7, 11) is 1.27. The number of methoxy groups -OCH3 is 1. The molecule has 0 spiro atoms. The third-order valence-corrected chi connectivity index (χ3v) is 3.22. The molecule has 0 aliphatic heterocycles. The summed E-state index contributed by atoms with van der Waals surface area (Å²) in [6.07, 6.45) is 1.73. The zero-order valence-corrected chi connectivity index (χ0v) is 13.5. The van der Waals surface area contributed by atoms with E-state index in [0.29, 0.717) is 6.54 Å². The van der Waals surface area contributed by atoms with E-state index in [-0.39, 0.29) is 23.8 Å². The Hall–Kier alpha value is -2.18. The first-order valence-corrected chi connectivity index (χ1v) is 7.36. The molecule has 122 valence electrons. The molecule has 0 aliphatic carbocycles. The summed E-state index contributed by atoms with van der Waals surface area (Å²) >= 11 is 0. The van der Waals surface area contributed by atoms with Gasteiger partial charge in [0.25, 0.3) is 11.5 Å². The summed E-state index contributed by atoms with van der Waals surface area (Å²) in [5, 5.41) is 4.11. The zero-order valence-electron chi connectivity index (χ0n) is 13.5. The van der Waals surface area contributed by atoms with E-state index in [2.05, 4.69) is 9.84 Å². The molecule has 0 saturated carbocycles. The molecule has 1 amide bonds. The maximum Gasteiger partial charge on any atom is 0.325 e. The molecule has 0 fully saturated rings. The highest BCUT2D eigenvalue weighted by molar-refractivity contribution is 5.94. The van der Waals surface area contributed by atoms with Crippen LogP contribution in [0.25, 0.3) is 0 Å². The van der Waals surface area contributed by atoms with Crippen molar-refractivity contribution in [3.05, 3.63) is 28.2 Å². The van der Waals surface area contributed by atoms with Crippen LogP contribution in [0.5, 0.6) is 0 Å². The Kier molecular flexibility index (Phi) is 6.75. The van der Waals surface area contributed by atoms with E-state index in [1.807, 2.05) is 6.92 Å². The molecule has 7 heteroatoms. The summed E-state index contributed by atoms with van der Waals surface area (Å²) in [6.45, 7) is 5.93. The van der Waals surface area contributed by atoms with Crippen LogP contribution in [0.3, 0.4) is 0 Å². The van der Waals surface area contributed by atoms with Crippen molar-refractivity contribution in [1.82, 2.24) is 14.7 Å². The maximum absolute atomic E-state index is 12.5. The smallest absolute Gasteiger partial charge is 0.325 e. The second-order valence-corrected chi connectivity index (χ2v) is 5.24. The number of carbonyl (C=O) groups is 2. The minimum Gasteiger partial charge on any atom is -0.468 e. The molecule has 0 bridgehead atoms. The minimum absolute atomic E-state index is 0.147. The number of hydrogen-bond donors (Lipinski definition) is 0. The Labute approximate surface area is 129 Å². The van der Waals surface area contributed by atoms with E-state index in [1.54, 1.807) is 13.8 Å². The zero-order chi connectivity index (χ0) is 16.7. The van der Waals surface area contributed by atoms with Gasteiger partial charge in [0.1, 0.15) is 12.2 Å². The Morgan fingerprint density at radius 3 is 2.59 bits per heavy atom. The number of esters is 1. The molecule has 0 radical (unpaired) electrons. The summed E-state index contributed by atoms with van der Waals surface area (Å²) in [5.74, 6) is -0.896. The van der Waals surface area contributed by atoms with Gasteiger partial charge in [0.05, 0.1) is 7.11 Å². The molecule has 1 aromatic rings. The molecule has 0 atom stereocenters. The van der Waals surface area contributed by atoms with Gasteiger partial charge in [-0.15, -0.1) is 0 Å². The fourth-order valence-electron chi connectivity index (χ4n) is 1.87. The van der Waals surface area contributed by atoms with Crippen LogP contribution in [0.15, 0.2) is 16.9 Å². The van der Waals surface area contributed by atoms with Gasteiger partial charge >= 0.3 is 5.97 Å². The fraction of sp³-hybridized carbons (Fsp3) is 0.600.